The van der Waals surface area contributed by atoms with Gasteiger partial charge in [0.2, 0.25) is 0 Å². The Hall–Kier alpha value is -3.03. The minimum atomic E-state index is -0.800. The number of ether oxygens (including phenoxy) is 1. The van der Waals surface area contributed by atoms with Crippen molar-refractivity contribution in [1.29, 1.82) is 0 Å². The Bertz CT molecular complexity index is 1200. The Labute approximate surface area is 168 Å². The number of halogens is 2. The fraction of sp³-hybridized carbons (Fsp3) is 0.0500. The van der Waals surface area contributed by atoms with E-state index in [1.165, 1.54) is 23.5 Å². The van der Waals surface area contributed by atoms with E-state index < -0.39 is 10.7 Å². The van der Waals surface area contributed by atoms with Crippen LogP contribution in [0.2, 0.25) is 0 Å². The summed E-state index contributed by atoms with van der Waals surface area (Å²) in [6.45, 7) is 0. The Morgan fingerprint density at radius 3 is 2.75 bits per heavy atom. The molecule has 0 aliphatic rings. The molecule has 0 unspecified atom stereocenters. The van der Waals surface area contributed by atoms with Crippen molar-refractivity contribution >= 4 is 38.8 Å². The molecule has 5 nitrogen and oxygen atoms in total. The number of alkyl halides is 1. The van der Waals surface area contributed by atoms with Gasteiger partial charge in [-0.2, -0.15) is 0 Å². The lowest BCUT2D eigenvalue weighted by molar-refractivity contribution is -0.385. The summed E-state index contributed by atoms with van der Waals surface area (Å²) in [5.41, 5.74) is 2.40. The molecule has 140 valence electrons. The maximum atomic E-state index is 14.2. The van der Waals surface area contributed by atoms with Gasteiger partial charge >= 0.3 is 0 Å². The standard InChI is InChI=1S/C20H12ClFN2O3S/c21-11-12-2-1-3-13(8-12)19-10-16-20(28-19)18(6-7-23-16)27-17-5-4-14(24(25)26)9-15(17)22/h1-10H,11H2. The summed E-state index contributed by atoms with van der Waals surface area (Å²) < 4.78 is 20.7. The molecule has 0 fully saturated rings. The monoisotopic (exact) mass is 414 g/mol. The summed E-state index contributed by atoms with van der Waals surface area (Å²) in [7, 11) is 0. The van der Waals surface area contributed by atoms with Gasteiger partial charge < -0.3 is 4.74 Å². The maximum Gasteiger partial charge on any atom is 0.272 e. The molecule has 4 rings (SSSR count). The van der Waals surface area contributed by atoms with Crippen molar-refractivity contribution in [2.45, 2.75) is 5.88 Å². The van der Waals surface area contributed by atoms with E-state index in [1.54, 1.807) is 12.3 Å². The van der Waals surface area contributed by atoms with E-state index in [4.69, 9.17) is 16.3 Å². The number of hydrogen-bond acceptors (Lipinski definition) is 5. The summed E-state index contributed by atoms with van der Waals surface area (Å²) in [5, 5.41) is 10.8. The van der Waals surface area contributed by atoms with Gasteiger partial charge in [-0.1, -0.05) is 18.2 Å². The smallest absolute Gasteiger partial charge is 0.272 e. The largest absolute Gasteiger partial charge is 0.453 e. The number of non-ortho nitro benzene ring substituents is 1. The minimum absolute atomic E-state index is 0.0859. The second-order valence-electron chi connectivity index (χ2n) is 5.94. The van der Waals surface area contributed by atoms with Crippen molar-refractivity contribution in [1.82, 2.24) is 4.98 Å². The number of fused-ring (bicyclic) bond motifs is 1. The molecule has 2 aromatic carbocycles. The summed E-state index contributed by atoms with van der Waals surface area (Å²) >= 11 is 7.39. The molecule has 0 saturated carbocycles. The average Bonchev–Trinajstić information content (AvgIpc) is 3.15. The molecule has 2 heterocycles. The zero-order valence-corrected chi connectivity index (χ0v) is 15.8. The van der Waals surface area contributed by atoms with E-state index >= 15 is 0 Å². The normalized spacial score (nSPS) is 10.9. The van der Waals surface area contributed by atoms with E-state index in [0.717, 1.165) is 32.3 Å². The lowest BCUT2D eigenvalue weighted by Gasteiger charge is -2.07. The molecule has 0 radical (unpaired) electrons. The highest BCUT2D eigenvalue weighted by molar-refractivity contribution is 7.22. The van der Waals surface area contributed by atoms with Crippen LogP contribution >= 0.6 is 22.9 Å². The predicted molar refractivity (Wildman–Crippen MR) is 108 cm³/mol. The fourth-order valence-corrected chi connectivity index (χ4v) is 3.98. The van der Waals surface area contributed by atoms with Gasteiger partial charge in [-0.3, -0.25) is 15.1 Å². The molecule has 0 spiro atoms. The minimum Gasteiger partial charge on any atom is -0.453 e. The van der Waals surface area contributed by atoms with Crippen LogP contribution in [0.15, 0.2) is 60.8 Å². The van der Waals surface area contributed by atoms with Gasteiger partial charge in [-0.15, -0.1) is 22.9 Å². The SMILES string of the molecule is O=[N+]([O-])c1ccc(Oc2ccnc3cc(-c4cccc(CCl)c4)sc23)c(F)c1. The van der Waals surface area contributed by atoms with Crippen LogP contribution in [0.5, 0.6) is 11.5 Å². The maximum absolute atomic E-state index is 14.2. The van der Waals surface area contributed by atoms with Gasteiger partial charge in [0.25, 0.3) is 5.69 Å². The molecule has 4 aromatic rings. The van der Waals surface area contributed by atoms with Crippen LogP contribution in [0.25, 0.3) is 20.7 Å². The average molecular weight is 415 g/mol. The molecule has 8 heteroatoms. The van der Waals surface area contributed by atoms with Crippen molar-refractivity contribution in [3.8, 4) is 21.9 Å². The van der Waals surface area contributed by atoms with Crippen LogP contribution < -0.4 is 4.74 Å². The van der Waals surface area contributed by atoms with Gasteiger partial charge in [0.1, 0.15) is 5.75 Å². The van der Waals surface area contributed by atoms with Crippen molar-refractivity contribution in [2.75, 3.05) is 0 Å². The number of nitro benzene ring substituents is 1. The van der Waals surface area contributed by atoms with Crippen LogP contribution in [0.4, 0.5) is 10.1 Å². The Balaban J connectivity index is 1.72. The number of benzene rings is 2. The van der Waals surface area contributed by atoms with E-state index in [9.17, 15) is 14.5 Å². The first-order valence-electron chi connectivity index (χ1n) is 8.21. The Morgan fingerprint density at radius 1 is 1.14 bits per heavy atom. The van der Waals surface area contributed by atoms with E-state index in [-0.39, 0.29) is 11.4 Å². The second kappa shape index (κ2) is 7.53. The molecule has 0 N–H and O–H groups in total. The van der Waals surface area contributed by atoms with Gasteiger partial charge in [0.05, 0.1) is 21.2 Å². The molecular weight excluding hydrogens is 403 g/mol. The number of hydrogen-bond donors (Lipinski definition) is 0. The van der Waals surface area contributed by atoms with Crippen LogP contribution in [0, 0.1) is 15.9 Å². The molecular formula is C20H12ClFN2O3S. The van der Waals surface area contributed by atoms with Gasteiger partial charge in [-0.25, -0.2) is 4.39 Å². The zero-order valence-electron chi connectivity index (χ0n) is 14.3. The first-order valence-corrected chi connectivity index (χ1v) is 9.56. The number of nitrogens with zero attached hydrogens (tertiary/aromatic N) is 2. The summed E-state index contributed by atoms with van der Waals surface area (Å²) in [6.07, 6.45) is 1.58. The highest BCUT2D eigenvalue weighted by Crippen LogP contribution is 2.40. The first-order chi connectivity index (χ1) is 13.5. The number of thiophene rings is 1. The molecule has 28 heavy (non-hydrogen) atoms. The van der Waals surface area contributed by atoms with Crippen molar-refractivity contribution < 1.29 is 14.1 Å². The number of pyridine rings is 1. The van der Waals surface area contributed by atoms with Gasteiger partial charge in [0.15, 0.2) is 11.6 Å². The van der Waals surface area contributed by atoms with E-state index in [2.05, 4.69) is 4.98 Å². The summed E-state index contributed by atoms with van der Waals surface area (Å²) in [5.74, 6) is -0.0319. The van der Waals surface area contributed by atoms with E-state index in [1.807, 2.05) is 30.3 Å². The Morgan fingerprint density at radius 2 is 2.00 bits per heavy atom. The van der Waals surface area contributed by atoms with E-state index in [0.29, 0.717) is 11.6 Å². The zero-order chi connectivity index (χ0) is 19.7. The third-order valence-electron chi connectivity index (χ3n) is 4.09. The molecule has 0 aliphatic carbocycles. The van der Waals surface area contributed by atoms with Crippen molar-refractivity contribution in [2.24, 2.45) is 0 Å². The second-order valence-corrected chi connectivity index (χ2v) is 7.26. The summed E-state index contributed by atoms with van der Waals surface area (Å²) in [4.78, 5) is 15.4. The molecule has 0 aliphatic heterocycles. The number of aromatic nitrogens is 1. The van der Waals surface area contributed by atoms with Crippen LogP contribution in [0.1, 0.15) is 5.56 Å². The Kier molecular flexibility index (Phi) is 4.93. The molecule has 0 amide bonds. The van der Waals surface area contributed by atoms with Crippen LogP contribution in [0.3, 0.4) is 0 Å². The fourth-order valence-electron chi connectivity index (χ4n) is 2.75. The third-order valence-corrected chi connectivity index (χ3v) is 5.58. The number of rotatable bonds is 5. The molecule has 2 aromatic heterocycles. The quantitative estimate of drug-likeness (QED) is 0.211. The highest BCUT2D eigenvalue weighted by atomic mass is 35.5. The third kappa shape index (κ3) is 3.54. The molecule has 0 atom stereocenters. The molecule has 0 saturated heterocycles. The first kappa shape index (κ1) is 18.3. The lowest BCUT2D eigenvalue weighted by Crippen LogP contribution is -1.92. The predicted octanol–water partition coefficient (Wildman–Crippen LogP) is 6.54. The van der Waals surface area contributed by atoms with Crippen LogP contribution in [-0.2, 0) is 5.88 Å². The topological polar surface area (TPSA) is 65.3 Å². The van der Waals surface area contributed by atoms with Gasteiger partial charge in [-0.05, 0) is 29.3 Å². The highest BCUT2D eigenvalue weighted by Gasteiger charge is 2.15. The lowest BCUT2D eigenvalue weighted by atomic mass is 10.1. The van der Waals surface area contributed by atoms with Crippen molar-refractivity contribution in [3.63, 3.8) is 0 Å². The van der Waals surface area contributed by atoms with Crippen molar-refractivity contribution in [3.05, 3.63) is 82.3 Å². The summed E-state index contributed by atoms with van der Waals surface area (Å²) in [6, 6.07) is 14.7. The molecule has 0 bridgehead atoms. The van der Waals surface area contributed by atoms with Crippen LogP contribution in [-0.4, -0.2) is 9.91 Å². The number of nitro groups is 1. The van der Waals surface area contributed by atoms with Gasteiger partial charge in [0, 0.05) is 29.1 Å².